The summed E-state index contributed by atoms with van der Waals surface area (Å²) in [5.41, 5.74) is 3.69. The van der Waals surface area contributed by atoms with Crippen molar-refractivity contribution in [1.82, 2.24) is 14.2 Å². The van der Waals surface area contributed by atoms with Gasteiger partial charge in [0.05, 0.1) is 10.6 Å². The second-order valence-corrected chi connectivity index (χ2v) is 12.1. The number of sulfonamides is 1. The molecule has 9 heteroatoms. The lowest BCUT2D eigenvalue weighted by Gasteiger charge is -2.29. The second kappa shape index (κ2) is 9.22. The Bertz CT molecular complexity index is 1320. The van der Waals surface area contributed by atoms with Gasteiger partial charge in [-0.25, -0.2) is 13.4 Å². The van der Waals surface area contributed by atoms with Crippen molar-refractivity contribution >= 4 is 32.4 Å². The molecule has 0 unspecified atom stereocenters. The van der Waals surface area contributed by atoms with Gasteiger partial charge in [0.1, 0.15) is 0 Å². The summed E-state index contributed by atoms with van der Waals surface area (Å²) in [5.74, 6) is -0.289. The van der Waals surface area contributed by atoms with Crippen LogP contribution in [0.3, 0.4) is 0 Å². The first kappa shape index (κ1) is 23.2. The van der Waals surface area contributed by atoms with E-state index in [9.17, 15) is 13.2 Å². The van der Waals surface area contributed by atoms with Crippen LogP contribution in [0.5, 0.6) is 0 Å². The molecule has 0 radical (unpaired) electrons. The minimum atomic E-state index is -3.63. The summed E-state index contributed by atoms with van der Waals surface area (Å²) < 4.78 is 27.8. The highest BCUT2D eigenvalue weighted by molar-refractivity contribution is 7.89. The average molecular weight is 497 g/mol. The van der Waals surface area contributed by atoms with Crippen LogP contribution in [0.15, 0.2) is 53.4 Å². The zero-order valence-electron chi connectivity index (χ0n) is 19.3. The lowest BCUT2D eigenvalue weighted by molar-refractivity contribution is 0.102. The largest absolute Gasteiger partial charge is 0.298 e. The van der Waals surface area contributed by atoms with E-state index in [0.717, 1.165) is 30.8 Å². The van der Waals surface area contributed by atoms with Gasteiger partial charge in [-0.05, 0) is 55.7 Å². The van der Waals surface area contributed by atoms with Crippen LogP contribution in [0.2, 0.25) is 0 Å². The molecule has 1 amide bonds. The van der Waals surface area contributed by atoms with Gasteiger partial charge in [-0.3, -0.25) is 15.0 Å². The van der Waals surface area contributed by atoms with E-state index >= 15 is 0 Å². The fourth-order valence-corrected chi connectivity index (χ4v) is 6.93. The van der Waals surface area contributed by atoms with Crippen LogP contribution >= 0.6 is 11.3 Å². The Labute approximate surface area is 204 Å². The summed E-state index contributed by atoms with van der Waals surface area (Å²) >= 11 is 1.51. The summed E-state index contributed by atoms with van der Waals surface area (Å²) in [6.07, 6.45) is 1.58. The van der Waals surface area contributed by atoms with Gasteiger partial charge in [0, 0.05) is 49.1 Å². The summed E-state index contributed by atoms with van der Waals surface area (Å²) in [4.78, 5) is 21.2. The van der Waals surface area contributed by atoms with Crippen LogP contribution in [-0.4, -0.2) is 47.6 Å². The first-order valence-corrected chi connectivity index (χ1v) is 13.8. The van der Waals surface area contributed by atoms with Crippen molar-refractivity contribution in [2.24, 2.45) is 0 Å². The molecule has 178 valence electrons. The number of carbonyl (C=O) groups excluding carboxylic acids is 1. The Hall–Kier alpha value is -2.59. The monoisotopic (exact) mass is 496 g/mol. The van der Waals surface area contributed by atoms with Gasteiger partial charge >= 0.3 is 0 Å². The van der Waals surface area contributed by atoms with Gasteiger partial charge in [-0.2, -0.15) is 4.31 Å². The zero-order chi connectivity index (χ0) is 23.9. The molecule has 1 N–H and O–H groups in total. The van der Waals surface area contributed by atoms with E-state index in [-0.39, 0.29) is 10.8 Å². The van der Waals surface area contributed by atoms with E-state index in [0.29, 0.717) is 36.2 Å². The first-order chi connectivity index (χ1) is 16.3. The number of rotatable bonds is 5. The number of nitrogens with one attached hydrogen (secondary N) is 1. The third-order valence-corrected chi connectivity index (χ3v) is 9.42. The molecule has 0 fully saturated rings. The van der Waals surface area contributed by atoms with Crippen molar-refractivity contribution in [3.05, 3.63) is 75.8 Å². The third kappa shape index (κ3) is 4.53. The van der Waals surface area contributed by atoms with Gasteiger partial charge in [-0.15, -0.1) is 11.3 Å². The van der Waals surface area contributed by atoms with E-state index in [2.05, 4.69) is 29.0 Å². The molecule has 2 aromatic carbocycles. The number of benzene rings is 2. The average Bonchev–Trinajstić information content (AvgIpc) is 3.25. The Morgan fingerprint density at radius 2 is 1.74 bits per heavy atom. The maximum Gasteiger partial charge on any atom is 0.257 e. The van der Waals surface area contributed by atoms with Crippen molar-refractivity contribution < 1.29 is 13.2 Å². The van der Waals surface area contributed by atoms with Crippen LogP contribution in [0.1, 0.15) is 45.9 Å². The number of fused-ring (bicyclic) bond motifs is 2. The Morgan fingerprint density at radius 3 is 2.47 bits per heavy atom. The van der Waals surface area contributed by atoms with Crippen LogP contribution in [0.4, 0.5) is 5.13 Å². The molecule has 0 saturated heterocycles. The molecule has 2 aliphatic heterocycles. The number of aromatic nitrogens is 1. The molecule has 0 atom stereocenters. The fraction of sp³-hybridized carbons (Fsp3) is 0.360. The van der Waals surface area contributed by atoms with Crippen molar-refractivity contribution in [2.75, 3.05) is 18.4 Å². The van der Waals surface area contributed by atoms with Crippen molar-refractivity contribution in [2.45, 2.75) is 50.7 Å². The molecule has 0 spiro atoms. The highest BCUT2D eigenvalue weighted by Gasteiger charge is 2.28. The maximum absolute atomic E-state index is 13.2. The van der Waals surface area contributed by atoms with Crippen molar-refractivity contribution in [1.29, 1.82) is 0 Å². The number of thiazole rings is 1. The highest BCUT2D eigenvalue weighted by Crippen LogP contribution is 2.30. The second-order valence-electron chi connectivity index (χ2n) is 9.04. The Balaban J connectivity index is 1.27. The smallest absolute Gasteiger partial charge is 0.257 e. The quantitative estimate of drug-likeness (QED) is 0.579. The summed E-state index contributed by atoms with van der Waals surface area (Å²) in [7, 11) is -3.63. The van der Waals surface area contributed by atoms with E-state index in [1.807, 2.05) is 24.3 Å². The molecular weight excluding hydrogens is 468 g/mol. The summed E-state index contributed by atoms with van der Waals surface area (Å²) in [6, 6.07) is 14.6. The zero-order valence-corrected chi connectivity index (χ0v) is 21.0. The van der Waals surface area contributed by atoms with Crippen molar-refractivity contribution in [3.63, 3.8) is 0 Å². The molecule has 1 aromatic heterocycles. The molecule has 34 heavy (non-hydrogen) atoms. The number of carbonyl (C=O) groups is 1. The number of hydrogen-bond acceptors (Lipinski definition) is 6. The van der Waals surface area contributed by atoms with Gasteiger partial charge in [0.25, 0.3) is 5.91 Å². The summed E-state index contributed by atoms with van der Waals surface area (Å²) in [5, 5.41) is 3.47. The minimum Gasteiger partial charge on any atom is -0.298 e. The van der Waals surface area contributed by atoms with E-state index in [1.54, 1.807) is 12.1 Å². The van der Waals surface area contributed by atoms with Crippen LogP contribution < -0.4 is 5.32 Å². The summed E-state index contributed by atoms with van der Waals surface area (Å²) in [6.45, 7) is 7.01. The number of amides is 1. The normalized spacial score (nSPS) is 16.8. The molecule has 3 aromatic rings. The molecule has 0 aliphatic carbocycles. The predicted molar refractivity (Wildman–Crippen MR) is 134 cm³/mol. The number of hydrogen-bond donors (Lipinski definition) is 1. The third-order valence-electron chi connectivity index (χ3n) is 6.56. The van der Waals surface area contributed by atoms with E-state index in [4.69, 9.17) is 0 Å². The molecule has 5 rings (SSSR count). The standard InChI is InChI=1S/C25H28N4O3S2/c1-17(2)28-13-12-22-23(16-28)33-25(26-22)27-24(30)19-7-9-21(10-8-19)34(31,32)29-14-11-18-5-3-4-6-20(18)15-29/h3-10,17H,11-16H2,1-2H3,(H,26,27,30). The van der Waals surface area contributed by atoms with Gasteiger partial charge in [-0.1, -0.05) is 24.3 Å². The van der Waals surface area contributed by atoms with Crippen LogP contribution in [-0.2, 0) is 36.0 Å². The topological polar surface area (TPSA) is 82.6 Å². The molecule has 0 saturated carbocycles. The Morgan fingerprint density at radius 1 is 1.00 bits per heavy atom. The molecule has 7 nitrogen and oxygen atoms in total. The number of anilines is 1. The van der Waals surface area contributed by atoms with Gasteiger partial charge in [0.2, 0.25) is 10.0 Å². The lowest BCUT2D eigenvalue weighted by Crippen LogP contribution is -2.35. The van der Waals surface area contributed by atoms with Crippen molar-refractivity contribution in [3.8, 4) is 0 Å². The molecular formula is C25H28N4O3S2. The van der Waals surface area contributed by atoms with Gasteiger partial charge in [0.15, 0.2) is 5.13 Å². The SMILES string of the molecule is CC(C)N1CCc2nc(NC(=O)c3ccc(S(=O)(=O)N4CCc5ccccc5C4)cc3)sc2C1. The molecule has 3 heterocycles. The van der Waals surface area contributed by atoms with Crippen LogP contribution in [0.25, 0.3) is 0 Å². The maximum atomic E-state index is 13.2. The predicted octanol–water partition coefficient (Wildman–Crippen LogP) is 3.91. The van der Waals surface area contributed by atoms with Crippen LogP contribution in [0, 0.1) is 0 Å². The fourth-order valence-electron chi connectivity index (χ4n) is 4.48. The Kier molecular flexibility index (Phi) is 6.28. The number of nitrogens with zero attached hydrogens (tertiary/aromatic N) is 3. The lowest BCUT2D eigenvalue weighted by atomic mass is 10.0. The highest BCUT2D eigenvalue weighted by atomic mass is 32.2. The first-order valence-electron chi connectivity index (χ1n) is 11.5. The van der Waals surface area contributed by atoms with E-state index in [1.165, 1.54) is 38.2 Å². The van der Waals surface area contributed by atoms with Gasteiger partial charge < -0.3 is 0 Å². The molecule has 2 aliphatic rings. The minimum absolute atomic E-state index is 0.196. The van der Waals surface area contributed by atoms with E-state index < -0.39 is 10.0 Å². The molecule has 0 bridgehead atoms.